The molecule has 0 bridgehead atoms. The van der Waals surface area contributed by atoms with E-state index in [-0.39, 0.29) is 18.7 Å². The van der Waals surface area contributed by atoms with Crippen molar-refractivity contribution in [2.75, 3.05) is 19.8 Å². The molecule has 1 aromatic carbocycles. The van der Waals surface area contributed by atoms with Crippen molar-refractivity contribution in [3.63, 3.8) is 0 Å². The van der Waals surface area contributed by atoms with E-state index in [1.165, 1.54) is 0 Å². The van der Waals surface area contributed by atoms with Crippen LogP contribution in [0.1, 0.15) is 59.9 Å². The standard InChI is InChI=1S/C26H33BrN2O7/c1-23(2,3)35-21(30)29(22(31)36-24(4,5)6)20-28-26(14-33-20)17-11-16(27)9-10-18(17)34-19(15-7-8-15)25(26)12-32-13-25/h9-11,15,19H,7-8,12-14H2,1-6H3. The number of fused-ring (bicyclic) bond motifs is 3. The fourth-order valence-electron chi connectivity index (χ4n) is 5.10. The molecule has 0 radical (unpaired) electrons. The average Bonchev–Trinajstić information content (AvgIpc) is 3.45. The average molecular weight is 565 g/mol. The third kappa shape index (κ3) is 4.26. The number of aliphatic imine (C=N–C) groups is 1. The van der Waals surface area contributed by atoms with Crippen LogP contribution in [0.5, 0.6) is 5.75 Å². The van der Waals surface area contributed by atoms with Crippen LogP contribution < -0.4 is 4.74 Å². The topological polar surface area (TPSA) is 95.9 Å². The van der Waals surface area contributed by atoms with Gasteiger partial charge < -0.3 is 23.7 Å². The molecule has 1 aromatic rings. The maximum absolute atomic E-state index is 13.3. The molecular formula is C26H33BrN2O7. The monoisotopic (exact) mass is 564 g/mol. The lowest BCUT2D eigenvalue weighted by atomic mass is 9.59. The van der Waals surface area contributed by atoms with E-state index in [4.69, 9.17) is 28.7 Å². The van der Waals surface area contributed by atoms with E-state index in [0.29, 0.717) is 19.1 Å². The van der Waals surface area contributed by atoms with Gasteiger partial charge in [-0.15, -0.1) is 4.90 Å². The van der Waals surface area contributed by atoms with Gasteiger partial charge in [-0.3, -0.25) is 0 Å². The number of nitrogens with zero attached hydrogens (tertiary/aromatic N) is 2. The van der Waals surface area contributed by atoms with Crippen molar-refractivity contribution in [3.8, 4) is 5.75 Å². The van der Waals surface area contributed by atoms with Gasteiger partial charge in [0.2, 0.25) is 0 Å². The van der Waals surface area contributed by atoms with Crippen LogP contribution in [-0.4, -0.2) is 60.2 Å². The molecule has 1 saturated heterocycles. The molecule has 3 aliphatic heterocycles. The predicted molar refractivity (Wildman–Crippen MR) is 134 cm³/mol. The van der Waals surface area contributed by atoms with E-state index >= 15 is 0 Å². The van der Waals surface area contributed by atoms with Gasteiger partial charge in [-0.1, -0.05) is 15.9 Å². The number of amides is 2. The van der Waals surface area contributed by atoms with Crippen LogP contribution in [0.2, 0.25) is 0 Å². The Balaban J connectivity index is 1.62. The first-order chi connectivity index (χ1) is 16.7. The lowest BCUT2D eigenvalue weighted by Gasteiger charge is -2.57. The van der Waals surface area contributed by atoms with E-state index in [2.05, 4.69) is 15.9 Å². The molecule has 9 nitrogen and oxygen atoms in total. The molecule has 2 unspecified atom stereocenters. The van der Waals surface area contributed by atoms with Gasteiger partial charge in [0.05, 0.1) is 18.6 Å². The van der Waals surface area contributed by atoms with Crippen LogP contribution in [0, 0.1) is 11.3 Å². The number of imide groups is 1. The first-order valence-electron chi connectivity index (χ1n) is 12.3. The third-order valence-corrected chi connectivity index (χ3v) is 7.31. The highest BCUT2D eigenvalue weighted by Crippen LogP contribution is 2.62. The second-order valence-electron chi connectivity index (χ2n) is 12.0. The summed E-state index contributed by atoms with van der Waals surface area (Å²) < 4.78 is 30.4. The van der Waals surface area contributed by atoms with E-state index in [0.717, 1.165) is 33.5 Å². The van der Waals surface area contributed by atoms with Crippen molar-refractivity contribution in [1.29, 1.82) is 0 Å². The Labute approximate surface area is 219 Å². The molecule has 1 aliphatic carbocycles. The SMILES string of the molecule is CC(C)(C)OC(=O)N(C(=O)OC(C)(C)C)C1=NC2(CO1)c1cc(Br)ccc1OC(C1CC1)C21COC1. The van der Waals surface area contributed by atoms with E-state index in [1.54, 1.807) is 41.5 Å². The summed E-state index contributed by atoms with van der Waals surface area (Å²) in [5.41, 5.74) is -2.25. The number of hydrogen-bond donors (Lipinski definition) is 0. The van der Waals surface area contributed by atoms with E-state index < -0.39 is 34.3 Å². The molecular weight excluding hydrogens is 532 g/mol. The second-order valence-corrected chi connectivity index (χ2v) is 12.9. The summed E-state index contributed by atoms with van der Waals surface area (Å²) in [6.07, 6.45) is 0.225. The summed E-state index contributed by atoms with van der Waals surface area (Å²) in [5, 5.41) is 0. The molecule has 5 rings (SSSR count). The van der Waals surface area contributed by atoms with Crippen molar-refractivity contribution in [1.82, 2.24) is 4.90 Å². The maximum Gasteiger partial charge on any atom is 0.428 e. The number of carbonyl (C=O) groups excluding carboxylic acids is 2. The molecule has 4 aliphatic rings. The lowest BCUT2D eigenvalue weighted by Crippen LogP contribution is -2.68. The Morgan fingerprint density at radius 2 is 1.64 bits per heavy atom. The number of hydrogen-bond acceptors (Lipinski definition) is 8. The van der Waals surface area contributed by atoms with Crippen LogP contribution in [0.15, 0.2) is 27.7 Å². The first kappa shape index (κ1) is 25.3. The first-order valence-corrected chi connectivity index (χ1v) is 13.1. The van der Waals surface area contributed by atoms with Crippen LogP contribution in [0.25, 0.3) is 0 Å². The number of benzene rings is 1. The van der Waals surface area contributed by atoms with Gasteiger partial charge in [-0.05, 0) is 78.5 Å². The number of halogens is 1. The Kier molecular flexibility index (Phi) is 5.87. The number of carbonyl (C=O) groups is 2. The minimum absolute atomic E-state index is 0.108. The van der Waals surface area contributed by atoms with Gasteiger partial charge in [0.15, 0.2) is 0 Å². The van der Waals surface area contributed by atoms with Gasteiger partial charge in [0, 0.05) is 10.0 Å². The minimum Gasteiger partial charge on any atom is -0.489 e. The summed E-state index contributed by atoms with van der Waals surface area (Å²) in [5.74, 6) is 1.12. The molecule has 36 heavy (non-hydrogen) atoms. The Hall–Kier alpha value is -2.33. The molecule has 2 atom stereocenters. The van der Waals surface area contributed by atoms with E-state index in [1.807, 2.05) is 18.2 Å². The molecule has 2 fully saturated rings. The van der Waals surface area contributed by atoms with Crippen molar-refractivity contribution in [2.45, 2.75) is 77.2 Å². The molecule has 196 valence electrons. The highest BCUT2D eigenvalue weighted by atomic mass is 79.9. The number of ether oxygens (including phenoxy) is 5. The van der Waals surface area contributed by atoms with Gasteiger partial charge in [0.25, 0.3) is 0 Å². The second kappa shape index (κ2) is 8.34. The summed E-state index contributed by atoms with van der Waals surface area (Å²) in [6, 6.07) is 5.68. The van der Waals surface area contributed by atoms with Crippen molar-refractivity contribution >= 4 is 34.1 Å². The minimum atomic E-state index is -0.910. The fourth-order valence-corrected chi connectivity index (χ4v) is 5.46. The predicted octanol–water partition coefficient (Wildman–Crippen LogP) is 5.39. The normalized spacial score (nSPS) is 26.3. The van der Waals surface area contributed by atoms with Gasteiger partial charge in [-0.2, -0.15) is 0 Å². The van der Waals surface area contributed by atoms with Crippen molar-refractivity contribution in [2.24, 2.45) is 16.3 Å². The molecule has 2 amide bonds. The zero-order valence-corrected chi connectivity index (χ0v) is 23.1. The highest BCUT2D eigenvalue weighted by molar-refractivity contribution is 9.10. The van der Waals surface area contributed by atoms with Gasteiger partial charge in [0.1, 0.15) is 35.2 Å². The largest absolute Gasteiger partial charge is 0.489 e. The summed E-state index contributed by atoms with van der Waals surface area (Å²) in [6.45, 7) is 11.4. The molecule has 3 heterocycles. The summed E-state index contributed by atoms with van der Waals surface area (Å²) in [7, 11) is 0. The zero-order valence-electron chi connectivity index (χ0n) is 21.6. The van der Waals surface area contributed by atoms with Crippen LogP contribution in [-0.2, 0) is 24.5 Å². The van der Waals surface area contributed by atoms with Gasteiger partial charge in [-0.25, -0.2) is 14.6 Å². The molecule has 1 saturated carbocycles. The lowest BCUT2D eigenvalue weighted by molar-refractivity contribution is -0.220. The highest BCUT2D eigenvalue weighted by Gasteiger charge is 2.70. The molecule has 2 spiro atoms. The number of amidine groups is 1. The smallest absolute Gasteiger partial charge is 0.428 e. The van der Waals surface area contributed by atoms with Gasteiger partial charge >= 0.3 is 18.2 Å². The fraction of sp³-hybridized carbons (Fsp3) is 0.654. The van der Waals surface area contributed by atoms with Crippen molar-refractivity contribution in [3.05, 3.63) is 28.2 Å². The Morgan fingerprint density at radius 1 is 1.03 bits per heavy atom. The maximum atomic E-state index is 13.3. The Bertz CT molecular complexity index is 1090. The van der Waals surface area contributed by atoms with Crippen LogP contribution in [0.4, 0.5) is 9.59 Å². The quantitative estimate of drug-likeness (QED) is 0.451. The summed E-state index contributed by atoms with van der Waals surface area (Å²) in [4.78, 5) is 32.3. The van der Waals surface area contributed by atoms with Crippen LogP contribution in [0.3, 0.4) is 0 Å². The molecule has 0 N–H and O–H groups in total. The number of rotatable bonds is 1. The van der Waals surface area contributed by atoms with Crippen molar-refractivity contribution < 1.29 is 33.3 Å². The van der Waals surface area contributed by atoms with Crippen LogP contribution >= 0.6 is 15.9 Å². The van der Waals surface area contributed by atoms with E-state index in [9.17, 15) is 9.59 Å². The third-order valence-electron chi connectivity index (χ3n) is 6.82. The molecule has 10 heteroatoms. The Morgan fingerprint density at radius 3 is 2.14 bits per heavy atom. The zero-order chi connectivity index (χ0) is 26.1. The summed E-state index contributed by atoms with van der Waals surface area (Å²) >= 11 is 3.58. The molecule has 0 aromatic heterocycles.